The Morgan fingerprint density at radius 3 is 2.59 bits per heavy atom. The lowest BCUT2D eigenvalue weighted by molar-refractivity contribution is -0.757. The molecule has 0 N–H and O–H groups in total. The van der Waals surface area contributed by atoms with Crippen LogP contribution in [-0.2, 0) is 14.3 Å². The van der Waals surface area contributed by atoms with Crippen molar-refractivity contribution in [1.82, 2.24) is 0 Å². The van der Waals surface area contributed by atoms with Gasteiger partial charge in [0, 0.05) is 5.56 Å². The van der Waals surface area contributed by atoms with Gasteiger partial charge in [-0.1, -0.05) is 17.7 Å². The van der Waals surface area contributed by atoms with E-state index in [2.05, 4.69) is 14.3 Å². The quantitative estimate of drug-likeness (QED) is 0.317. The number of carbonyl (C=O) groups excluding carboxylic acids is 1. The largest absolute Gasteiger partial charge is 0.508 e. The molecule has 0 saturated carbocycles. The standard InChI is InChI=1S/C16H16F3NO7/c1-10-7-11(2)13-12(8-10)3-4-15(27-13,16(17,18)19)9-25-14(21)24-5-6-26-20(22)23/h3-4,7-8H,5-6,9H2,1-2H3. The van der Waals surface area contributed by atoms with E-state index in [1.165, 1.54) is 6.08 Å². The van der Waals surface area contributed by atoms with Crippen molar-refractivity contribution in [1.29, 1.82) is 0 Å². The molecule has 1 aromatic carbocycles. The van der Waals surface area contributed by atoms with Gasteiger partial charge in [-0.25, -0.2) is 4.79 Å². The SMILES string of the molecule is Cc1cc(C)c2c(c1)C=CC(COC(=O)OCCO[N+](=O)[O-])(C(F)(F)F)O2. The predicted molar refractivity (Wildman–Crippen MR) is 84.6 cm³/mol. The van der Waals surface area contributed by atoms with Gasteiger partial charge >= 0.3 is 12.3 Å². The van der Waals surface area contributed by atoms with Crippen molar-refractivity contribution >= 4 is 12.2 Å². The van der Waals surface area contributed by atoms with Crippen LogP contribution in [0, 0.1) is 24.0 Å². The molecule has 1 aromatic rings. The van der Waals surface area contributed by atoms with Gasteiger partial charge < -0.3 is 19.0 Å². The van der Waals surface area contributed by atoms with Gasteiger partial charge in [0.25, 0.3) is 10.7 Å². The molecule has 1 heterocycles. The maximum atomic E-state index is 13.6. The smallest absolute Gasteiger partial charge is 0.469 e. The maximum absolute atomic E-state index is 13.6. The zero-order valence-corrected chi connectivity index (χ0v) is 14.4. The topological polar surface area (TPSA) is 97.1 Å². The molecule has 1 aliphatic rings. The number of halogens is 3. The van der Waals surface area contributed by atoms with Crippen LogP contribution >= 0.6 is 0 Å². The first-order chi connectivity index (χ1) is 12.5. The fraction of sp³-hybridized carbons (Fsp3) is 0.438. The Morgan fingerprint density at radius 2 is 1.96 bits per heavy atom. The van der Waals surface area contributed by atoms with Gasteiger partial charge in [-0.3, -0.25) is 0 Å². The summed E-state index contributed by atoms with van der Waals surface area (Å²) >= 11 is 0. The predicted octanol–water partition coefficient (Wildman–Crippen LogP) is 3.37. The van der Waals surface area contributed by atoms with Crippen LogP contribution in [0.2, 0.25) is 0 Å². The summed E-state index contributed by atoms with van der Waals surface area (Å²) in [6.45, 7) is 1.09. The number of hydrogen-bond acceptors (Lipinski definition) is 7. The molecule has 0 fully saturated rings. The van der Waals surface area contributed by atoms with Crippen LogP contribution in [-0.4, -0.2) is 42.8 Å². The van der Waals surface area contributed by atoms with Crippen LogP contribution in [0.4, 0.5) is 18.0 Å². The number of aryl methyl sites for hydroxylation is 2. The highest BCUT2D eigenvalue weighted by molar-refractivity contribution is 5.65. The monoisotopic (exact) mass is 391 g/mol. The minimum Gasteiger partial charge on any atom is -0.469 e. The summed E-state index contributed by atoms with van der Waals surface area (Å²) in [4.78, 5) is 25.3. The summed E-state index contributed by atoms with van der Waals surface area (Å²) < 4.78 is 55.1. The zero-order valence-electron chi connectivity index (χ0n) is 14.4. The number of benzene rings is 1. The zero-order chi connectivity index (χ0) is 20.2. The van der Waals surface area contributed by atoms with Gasteiger partial charge in [0.15, 0.2) is 0 Å². The van der Waals surface area contributed by atoms with Crippen molar-refractivity contribution in [3.05, 3.63) is 45.0 Å². The molecule has 1 atom stereocenters. The summed E-state index contributed by atoms with van der Waals surface area (Å²) in [6, 6.07) is 3.34. The second-order valence-corrected chi connectivity index (χ2v) is 5.77. The summed E-state index contributed by atoms with van der Waals surface area (Å²) in [5.74, 6) is 0.0387. The van der Waals surface area contributed by atoms with Crippen LogP contribution in [0.5, 0.6) is 5.75 Å². The van der Waals surface area contributed by atoms with Crippen molar-refractivity contribution in [3.63, 3.8) is 0 Å². The van der Waals surface area contributed by atoms with Crippen LogP contribution in [0.25, 0.3) is 6.08 Å². The van der Waals surface area contributed by atoms with E-state index in [4.69, 9.17) is 4.74 Å². The van der Waals surface area contributed by atoms with E-state index >= 15 is 0 Å². The minimum absolute atomic E-state index is 0.0387. The van der Waals surface area contributed by atoms with Crippen LogP contribution < -0.4 is 4.74 Å². The molecule has 0 bridgehead atoms. The molecule has 0 aromatic heterocycles. The Kier molecular flexibility index (Phi) is 5.82. The molecule has 8 nitrogen and oxygen atoms in total. The summed E-state index contributed by atoms with van der Waals surface area (Å²) in [6.07, 6.45) is -4.29. The van der Waals surface area contributed by atoms with Crippen molar-refractivity contribution in [2.45, 2.75) is 25.6 Å². The first-order valence-corrected chi connectivity index (χ1v) is 7.67. The van der Waals surface area contributed by atoms with E-state index in [0.29, 0.717) is 11.1 Å². The third-order valence-corrected chi connectivity index (χ3v) is 3.65. The van der Waals surface area contributed by atoms with E-state index in [-0.39, 0.29) is 5.75 Å². The average Bonchev–Trinajstić information content (AvgIpc) is 2.56. The Balaban J connectivity index is 2.09. The number of fused-ring (bicyclic) bond motifs is 1. The first-order valence-electron chi connectivity index (χ1n) is 7.67. The van der Waals surface area contributed by atoms with Crippen LogP contribution in [0.3, 0.4) is 0 Å². The number of rotatable bonds is 6. The minimum atomic E-state index is -4.88. The second-order valence-electron chi connectivity index (χ2n) is 5.77. The molecule has 0 saturated heterocycles. The Bertz CT molecular complexity index is 763. The molecule has 0 spiro atoms. The lowest BCUT2D eigenvalue weighted by Crippen LogP contribution is -2.53. The Labute approximate surface area is 151 Å². The molecule has 27 heavy (non-hydrogen) atoms. The van der Waals surface area contributed by atoms with E-state index in [9.17, 15) is 28.1 Å². The number of ether oxygens (including phenoxy) is 3. The summed E-state index contributed by atoms with van der Waals surface area (Å²) in [5.41, 5.74) is -1.04. The molecule has 0 amide bonds. The normalized spacial score (nSPS) is 18.3. The summed E-state index contributed by atoms with van der Waals surface area (Å²) in [7, 11) is 0. The lowest BCUT2D eigenvalue weighted by atomic mass is 9.95. The van der Waals surface area contributed by atoms with Crippen molar-refractivity contribution in [2.75, 3.05) is 19.8 Å². The maximum Gasteiger partial charge on any atom is 0.508 e. The van der Waals surface area contributed by atoms with E-state index in [1.54, 1.807) is 26.0 Å². The molecule has 0 radical (unpaired) electrons. The van der Waals surface area contributed by atoms with Crippen LogP contribution in [0.15, 0.2) is 18.2 Å². The van der Waals surface area contributed by atoms with Gasteiger partial charge in [0.2, 0.25) is 0 Å². The molecule has 11 heteroatoms. The number of hydrogen-bond donors (Lipinski definition) is 0. The van der Waals surface area contributed by atoms with Crippen molar-refractivity contribution in [2.24, 2.45) is 0 Å². The van der Waals surface area contributed by atoms with E-state index in [0.717, 1.165) is 11.6 Å². The second kappa shape index (κ2) is 7.72. The Hall–Kier alpha value is -2.98. The van der Waals surface area contributed by atoms with Crippen LogP contribution in [0.1, 0.15) is 16.7 Å². The van der Waals surface area contributed by atoms with Gasteiger partial charge in [-0.2, -0.15) is 13.2 Å². The van der Waals surface area contributed by atoms with Gasteiger partial charge in [-0.15, -0.1) is 10.1 Å². The fourth-order valence-corrected chi connectivity index (χ4v) is 2.45. The third-order valence-electron chi connectivity index (χ3n) is 3.65. The molecule has 148 valence electrons. The number of nitrogens with zero attached hydrogens (tertiary/aromatic N) is 1. The highest BCUT2D eigenvalue weighted by Gasteiger charge is 2.58. The molecule has 0 aliphatic carbocycles. The third kappa shape index (κ3) is 4.80. The van der Waals surface area contributed by atoms with E-state index < -0.39 is 42.8 Å². The molecular weight excluding hydrogens is 375 g/mol. The van der Waals surface area contributed by atoms with E-state index in [1.807, 2.05) is 0 Å². The lowest BCUT2D eigenvalue weighted by Gasteiger charge is -2.36. The molecule has 2 rings (SSSR count). The fourth-order valence-electron chi connectivity index (χ4n) is 2.45. The highest BCUT2D eigenvalue weighted by atomic mass is 19.4. The van der Waals surface area contributed by atoms with Gasteiger partial charge in [0.1, 0.15) is 25.6 Å². The van der Waals surface area contributed by atoms with Crippen molar-refractivity contribution in [3.8, 4) is 5.75 Å². The molecular formula is C16H16F3NO7. The molecule has 1 unspecified atom stereocenters. The number of alkyl halides is 3. The summed E-state index contributed by atoms with van der Waals surface area (Å²) in [5, 5.41) is 8.84. The average molecular weight is 391 g/mol. The van der Waals surface area contributed by atoms with Gasteiger partial charge in [-0.05, 0) is 31.6 Å². The van der Waals surface area contributed by atoms with Gasteiger partial charge in [0.05, 0.1) is 0 Å². The Morgan fingerprint density at radius 1 is 1.26 bits per heavy atom. The van der Waals surface area contributed by atoms with Crippen molar-refractivity contribution < 1.29 is 42.1 Å². The highest BCUT2D eigenvalue weighted by Crippen LogP contribution is 2.43. The number of carbonyl (C=O) groups is 1. The molecule has 1 aliphatic heterocycles. The first kappa shape index (κ1) is 20.3.